The van der Waals surface area contributed by atoms with Gasteiger partial charge in [-0.25, -0.2) is 4.98 Å². The normalized spacial score (nSPS) is 16.3. The Hall–Kier alpha value is -1.20. The smallest absolute Gasteiger partial charge is 0.169 e. The number of hydrogen-bond donors (Lipinski definition) is 1. The number of pyridine rings is 1. The summed E-state index contributed by atoms with van der Waals surface area (Å²) in [5, 5.41) is 3.63. The van der Waals surface area contributed by atoms with Gasteiger partial charge in [0.05, 0.1) is 29.6 Å². The third-order valence-corrected chi connectivity index (χ3v) is 3.22. The van der Waals surface area contributed by atoms with Gasteiger partial charge in [-0.15, -0.1) is 0 Å². The van der Waals surface area contributed by atoms with E-state index in [1.54, 1.807) is 12.3 Å². The molecule has 0 aliphatic carbocycles. The first-order valence-electron chi connectivity index (χ1n) is 5.88. The van der Waals surface area contributed by atoms with Gasteiger partial charge in [0.1, 0.15) is 5.69 Å². The van der Waals surface area contributed by atoms with Crippen LogP contribution in [0.5, 0.6) is 0 Å². The molecule has 98 valence electrons. The summed E-state index contributed by atoms with van der Waals surface area (Å²) in [6.07, 6.45) is 2.82. The molecule has 0 aromatic carbocycles. The molecule has 1 aromatic rings. The molecular weight excluding hydrogens is 257 g/mol. The zero-order chi connectivity index (χ0) is 13.0. The van der Waals surface area contributed by atoms with Crippen molar-refractivity contribution in [2.24, 2.45) is 0 Å². The van der Waals surface area contributed by atoms with Crippen molar-refractivity contribution < 1.29 is 9.18 Å². The van der Waals surface area contributed by atoms with Gasteiger partial charge in [0.2, 0.25) is 0 Å². The Kier molecular flexibility index (Phi) is 4.49. The molecule has 1 fully saturated rings. The minimum absolute atomic E-state index is 0.250. The van der Waals surface area contributed by atoms with Crippen LogP contribution < -0.4 is 5.32 Å². The number of likely N-dealkylation sites (tertiary alicyclic amines) is 1. The summed E-state index contributed by atoms with van der Waals surface area (Å²) in [7, 11) is 0. The Morgan fingerprint density at radius 2 is 2.39 bits per heavy atom. The number of aromatic nitrogens is 1. The van der Waals surface area contributed by atoms with Crippen molar-refractivity contribution in [2.75, 3.05) is 31.6 Å². The summed E-state index contributed by atoms with van der Waals surface area (Å²) >= 11 is 5.89. The van der Waals surface area contributed by atoms with Crippen molar-refractivity contribution >= 4 is 23.6 Å². The Balaban J connectivity index is 1.81. The lowest BCUT2D eigenvalue weighted by atomic mass is 10.1. The van der Waals surface area contributed by atoms with E-state index in [9.17, 15) is 9.18 Å². The van der Waals surface area contributed by atoms with E-state index in [2.05, 4.69) is 15.2 Å². The number of anilines is 1. The van der Waals surface area contributed by atoms with E-state index in [-0.39, 0.29) is 12.4 Å². The molecule has 4 nitrogen and oxygen atoms in total. The molecule has 1 aliphatic heterocycles. The molecule has 1 aliphatic rings. The molecule has 2 rings (SSSR count). The highest BCUT2D eigenvalue weighted by atomic mass is 35.5. The van der Waals surface area contributed by atoms with Gasteiger partial charge < -0.3 is 5.32 Å². The van der Waals surface area contributed by atoms with E-state index in [0.29, 0.717) is 23.8 Å². The molecule has 0 unspecified atom stereocenters. The predicted octanol–water partition coefficient (Wildman–Crippen LogP) is 2.00. The highest BCUT2D eigenvalue weighted by molar-refractivity contribution is 6.32. The molecule has 0 atom stereocenters. The van der Waals surface area contributed by atoms with Gasteiger partial charge >= 0.3 is 0 Å². The van der Waals surface area contributed by atoms with E-state index < -0.39 is 0 Å². The summed E-state index contributed by atoms with van der Waals surface area (Å²) in [4.78, 5) is 16.7. The lowest BCUT2D eigenvalue weighted by molar-refractivity contribution is 0.111. The number of nitrogens with zero attached hydrogens (tertiary/aromatic N) is 2. The maximum atomic E-state index is 12.0. The van der Waals surface area contributed by atoms with Crippen LogP contribution in [0.15, 0.2) is 12.3 Å². The van der Waals surface area contributed by atoms with Crippen LogP contribution in [0.2, 0.25) is 5.02 Å². The quantitative estimate of drug-likeness (QED) is 0.804. The number of carbonyl (C=O) groups excluding carboxylic acids is 1. The van der Waals surface area contributed by atoms with Crippen LogP contribution in [-0.2, 0) is 0 Å². The highest BCUT2D eigenvalue weighted by Gasteiger charge is 2.25. The molecule has 2 heterocycles. The summed E-state index contributed by atoms with van der Waals surface area (Å²) in [5.74, 6) is 0. The molecule has 6 heteroatoms. The van der Waals surface area contributed by atoms with Crippen LogP contribution in [0, 0.1) is 0 Å². The van der Waals surface area contributed by atoms with Gasteiger partial charge in [0, 0.05) is 19.6 Å². The summed E-state index contributed by atoms with van der Waals surface area (Å²) in [6.45, 7) is 2.33. The second-order valence-corrected chi connectivity index (χ2v) is 4.76. The summed E-state index contributed by atoms with van der Waals surface area (Å²) < 4.78 is 12.0. The average Bonchev–Trinajstić information content (AvgIpc) is 2.32. The number of nitrogens with one attached hydrogen (secondary N) is 1. The minimum atomic E-state index is -0.263. The monoisotopic (exact) mass is 271 g/mol. The number of alkyl halides is 1. The minimum Gasteiger partial charge on any atom is -0.378 e. The van der Waals surface area contributed by atoms with E-state index >= 15 is 0 Å². The van der Waals surface area contributed by atoms with E-state index in [4.69, 9.17) is 11.6 Å². The predicted molar refractivity (Wildman–Crippen MR) is 69.1 cm³/mol. The zero-order valence-corrected chi connectivity index (χ0v) is 10.7. The number of aldehydes is 1. The van der Waals surface area contributed by atoms with E-state index in [0.717, 1.165) is 25.3 Å². The van der Waals surface area contributed by atoms with Crippen LogP contribution in [0.25, 0.3) is 0 Å². The molecule has 0 radical (unpaired) electrons. The van der Waals surface area contributed by atoms with Crippen molar-refractivity contribution in [1.82, 2.24) is 9.88 Å². The fourth-order valence-electron chi connectivity index (χ4n) is 1.98. The van der Waals surface area contributed by atoms with E-state index in [1.165, 1.54) is 0 Å². The molecule has 18 heavy (non-hydrogen) atoms. The Morgan fingerprint density at radius 3 is 3.00 bits per heavy atom. The third kappa shape index (κ3) is 3.17. The van der Waals surface area contributed by atoms with Crippen molar-refractivity contribution in [3.8, 4) is 0 Å². The molecule has 0 amide bonds. The first kappa shape index (κ1) is 13.2. The topological polar surface area (TPSA) is 45.2 Å². The first-order valence-corrected chi connectivity index (χ1v) is 6.26. The number of rotatable bonds is 6. The fourth-order valence-corrected chi connectivity index (χ4v) is 2.19. The highest BCUT2D eigenvalue weighted by Crippen LogP contribution is 2.20. The Bertz CT molecular complexity index is 424. The lowest BCUT2D eigenvalue weighted by Crippen LogP contribution is -2.54. The zero-order valence-electron chi connectivity index (χ0n) is 9.90. The SMILES string of the molecule is O=Cc1ncc(NC2CN(CCCF)C2)cc1Cl. The molecule has 0 bridgehead atoms. The number of carbonyl (C=O) groups is 1. The fraction of sp³-hybridized carbons (Fsp3) is 0.500. The van der Waals surface area contributed by atoms with Gasteiger partial charge in [-0.05, 0) is 12.5 Å². The number of hydrogen-bond acceptors (Lipinski definition) is 4. The standard InChI is InChI=1S/C12H15ClFN3O/c13-11-4-9(5-15-12(11)8-18)16-10-6-17(7-10)3-1-2-14/h4-5,8,10,16H,1-3,6-7H2. The van der Waals surface area contributed by atoms with Gasteiger partial charge in [-0.3, -0.25) is 14.1 Å². The maximum absolute atomic E-state index is 12.0. The Labute approximate surface area is 110 Å². The van der Waals surface area contributed by atoms with Gasteiger partial charge in [-0.2, -0.15) is 0 Å². The van der Waals surface area contributed by atoms with Crippen molar-refractivity contribution in [1.29, 1.82) is 0 Å². The average molecular weight is 272 g/mol. The van der Waals surface area contributed by atoms with Crippen LogP contribution in [0.3, 0.4) is 0 Å². The van der Waals surface area contributed by atoms with Crippen LogP contribution in [0.1, 0.15) is 16.9 Å². The molecule has 0 spiro atoms. The molecule has 1 aromatic heterocycles. The lowest BCUT2D eigenvalue weighted by Gasteiger charge is -2.40. The van der Waals surface area contributed by atoms with Crippen LogP contribution in [0.4, 0.5) is 10.1 Å². The van der Waals surface area contributed by atoms with Crippen LogP contribution in [-0.4, -0.2) is 48.5 Å². The second kappa shape index (κ2) is 6.11. The van der Waals surface area contributed by atoms with Crippen molar-refractivity contribution in [2.45, 2.75) is 12.5 Å². The van der Waals surface area contributed by atoms with Gasteiger partial charge in [-0.1, -0.05) is 11.6 Å². The third-order valence-electron chi connectivity index (χ3n) is 2.92. The first-order chi connectivity index (χ1) is 8.72. The largest absolute Gasteiger partial charge is 0.378 e. The van der Waals surface area contributed by atoms with Crippen molar-refractivity contribution in [3.63, 3.8) is 0 Å². The summed E-state index contributed by atoms with van der Waals surface area (Å²) in [6, 6.07) is 2.03. The molecule has 1 saturated heterocycles. The molecule has 1 N–H and O–H groups in total. The number of halogens is 2. The Morgan fingerprint density at radius 1 is 1.61 bits per heavy atom. The van der Waals surface area contributed by atoms with E-state index in [1.807, 2.05) is 0 Å². The molecular formula is C12H15ClFN3O. The maximum Gasteiger partial charge on any atom is 0.169 e. The van der Waals surface area contributed by atoms with Crippen molar-refractivity contribution in [3.05, 3.63) is 23.0 Å². The van der Waals surface area contributed by atoms with Gasteiger partial charge in [0.15, 0.2) is 6.29 Å². The second-order valence-electron chi connectivity index (χ2n) is 4.35. The summed E-state index contributed by atoms with van der Waals surface area (Å²) in [5.41, 5.74) is 1.06. The van der Waals surface area contributed by atoms with Crippen LogP contribution >= 0.6 is 11.6 Å². The van der Waals surface area contributed by atoms with Gasteiger partial charge in [0.25, 0.3) is 0 Å². The molecule has 0 saturated carbocycles.